The second-order valence-electron chi connectivity index (χ2n) is 21.4. The Bertz CT molecular complexity index is 1010. The fourth-order valence-electron chi connectivity index (χ4n) is 9.20. The van der Waals surface area contributed by atoms with Gasteiger partial charge in [-0.2, -0.15) is 0 Å². The Morgan fingerprint density at radius 2 is 0.576 bits per heavy atom. The zero-order valence-electron chi connectivity index (χ0n) is 45.3. The third kappa shape index (κ3) is 51.8. The van der Waals surface area contributed by atoms with Crippen molar-refractivity contribution in [1.82, 2.24) is 0 Å². The topological polar surface area (TPSA) is 78.9 Å². The van der Waals surface area contributed by atoms with Crippen LogP contribution in [0, 0.1) is 11.8 Å². The summed E-state index contributed by atoms with van der Waals surface area (Å²) < 4.78 is 16.9. The molecule has 0 heterocycles. The summed E-state index contributed by atoms with van der Waals surface area (Å²) in [6.45, 7) is 11.5. The van der Waals surface area contributed by atoms with Crippen LogP contribution in [-0.4, -0.2) is 37.2 Å². The maximum Gasteiger partial charge on any atom is 0.306 e. The Morgan fingerprint density at radius 1 is 0.318 bits per heavy atom. The van der Waals surface area contributed by atoms with Crippen LogP contribution >= 0.6 is 0 Å². The van der Waals surface area contributed by atoms with Gasteiger partial charge >= 0.3 is 17.9 Å². The molecule has 392 valence electrons. The Labute approximate surface area is 412 Å². The standard InChI is InChI=1S/C60H116O6/c1-6-8-9-10-11-12-13-25-30-35-40-45-50-58(61)64-53-57(66-60(63)52-47-42-37-32-27-22-23-28-33-38-43-48-55(3)4)54-65-59(62)51-46-41-36-31-26-21-19-17-15-14-16-18-20-24-29-34-39-44-49-56(5)7-2/h55-57H,6-54H2,1-5H3/t56?,57-/m1/s1. The van der Waals surface area contributed by atoms with Crippen molar-refractivity contribution in [3.05, 3.63) is 0 Å². The van der Waals surface area contributed by atoms with Gasteiger partial charge in [0.15, 0.2) is 6.10 Å². The average Bonchev–Trinajstić information content (AvgIpc) is 3.30. The molecular weight excluding hydrogens is 817 g/mol. The lowest BCUT2D eigenvalue weighted by Crippen LogP contribution is -2.30. The number of rotatable bonds is 54. The van der Waals surface area contributed by atoms with E-state index in [4.69, 9.17) is 14.2 Å². The molecule has 0 bridgehead atoms. The van der Waals surface area contributed by atoms with Gasteiger partial charge in [-0.15, -0.1) is 0 Å². The van der Waals surface area contributed by atoms with Crippen LogP contribution in [0.2, 0.25) is 0 Å². The van der Waals surface area contributed by atoms with Crippen molar-refractivity contribution >= 4 is 17.9 Å². The molecule has 0 radical (unpaired) electrons. The maximum atomic E-state index is 12.8. The van der Waals surface area contributed by atoms with Crippen LogP contribution < -0.4 is 0 Å². The Hall–Kier alpha value is -1.59. The van der Waals surface area contributed by atoms with Crippen LogP contribution in [0.15, 0.2) is 0 Å². The fourth-order valence-corrected chi connectivity index (χ4v) is 9.20. The lowest BCUT2D eigenvalue weighted by Gasteiger charge is -2.18. The third-order valence-electron chi connectivity index (χ3n) is 14.1. The summed E-state index contributed by atoms with van der Waals surface area (Å²) in [6.07, 6.45) is 56.6. The maximum absolute atomic E-state index is 12.8. The predicted octanol–water partition coefficient (Wildman–Crippen LogP) is 19.7. The van der Waals surface area contributed by atoms with Crippen molar-refractivity contribution < 1.29 is 28.6 Å². The van der Waals surface area contributed by atoms with Crippen LogP contribution in [0.1, 0.15) is 336 Å². The van der Waals surface area contributed by atoms with E-state index in [2.05, 4.69) is 34.6 Å². The highest BCUT2D eigenvalue weighted by atomic mass is 16.6. The molecule has 6 nitrogen and oxygen atoms in total. The van der Waals surface area contributed by atoms with E-state index in [1.807, 2.05) is 0 Å². The molecular formula is C60H116O6. The molecule has 0 N–H and O–H groups in total. The van der Waals surface area contributed by atoms with E-state index in [0.717, 1.165) is 69.6 Å². The van der Waals surface area contributed by atoms with E-state index in [-0.39, 0.29) is 31.1 Å². The van der Waals surface area contributed by atoms with Gasteiger partial charge in [0, 0.05) is 19.3 Å². The summed E-state index contributed by atoms with van der Waals surface area (Å²) in [5.41, 5.74) is 0. The highest BCUT2D eigenvalue weighted by molar-refractivity contribution is 5.71. The monoisotopic (exact) mass is 933 g/mol. The van der Waals surface area contributed by atoms with E-state index in [1.165, 1.54) is 225 Å². The largest absolute Gasteiger partial charge is 0.462 e. The molecule has 0 saturated carbocycles. The Balaban J connectivity index is 4.22. The molecule has 0 amide bonds. The van der Waals surface area contributed by atoms with Gasteiger partial charge in [0.25, 0.3) is 0 Å². The lowest BCUT2D eigenvalue weighted by atomic mass is 9.99. The first-order valence-corrected chi connectivity index (χ1v) is 29.8. The predicted molar refractivity (Wildman–Crippen MR) is 284 cm³/mol. The van der Waals surface area contributed by atoms with Gasteiger partial charge in [-0.3, -0.25) is 14.4 Å². The number of carbonyl (C=O) groups excluding carboxylic acids is 3. The van der Waals surface area contributed by atoms with Crippen molar-refractivity contribution in [3.63, 3.8) is 0 Å². The minimum absolute atomic E-state index is 0.0626. The van der Waals surface area contributed by atoms with E-state index in [0.29, 0.717) is 19.3 Å². The summed E-state index contributed by atoms with van der Waals surface area (Å²) in [5.74, 6) is 0.896. The third-order valence-corrected chi connectivity index (χ3v) is 14.1. The van der Waals surface area contributed by atoms with E-state index in [9.17, 15) is 14.4 Å². The van der Waals surface area contributed by atoms with Crippen molar-refractivity contribution in [2.75, 3.05) is 13.2 Å². The summed E-state index contributed by atoms with van der Waals surface area (Å²) >= 11 is 0. The minimum Gasteiger partial charge on any atom is -0.462 e. The molecule has 0 aromatic heterocycles. The van der Waals surface area contributed by atoms with E-state index >= 15 is 0 Å². The molecule has 0 spiro atoms. The van der Waals surface area contributed by atoms with E-state index in [1.54, 1.807) is 0 Å². The summed E-state index contributed by atoms with van der Waals surface area (Å²) in [6, 6.07) is 0. The first-order valence-electron chi connectivity index (χ1n) is 29.8. The molecule has 0 aliphatic carbocycles. The molecule has 6 heteroatoms. The molecule has 0 aliphatic heterocycles. The number of hydrogen-bond acceptors (Lipinski definition) is 6. The molecule has 2 atom stereocenters. The van der Waals surface area contributed by atoms with Crippen LogP contribution in [0.4, 0.5) is 0 Å². The average molecular weight is 934 g/mol. The summed E-state index contributed by atoms with van der Waals surface area (Å²) in [4.78, 5) is 38.1. The molecule has 0 fully saturated rings. The lowest BCUT2D eigenvalue weighted by molar-refractivity contribution is -0.167. The number of esters is 3. The van der Waals surface area contributed by atoms with Crippen LogP contribution in [0.5, 0.6) is 0 Å². The highest BCUT2D eigenvalue weighted by Crippen LogP contribution is 2.19. The van der Waals surface area contributed by atoms with Crippen LogP contribution in [-0.2, 0) is 28.6 Å². The fraction of sp³-hybridized carbons (Fsp3) is 0.950. The first-order chi connectivity index (χ1) is 32.3. The van der Waals surface area contributed by atoms with Crippen molar-refractivity contribution in [2.45, 2.75) is 343 Å². The second kappa shape index (κ2) is 52.8. The SMILES string of the molecule is CCCCCCCCCCCCCCC(=O)OC[C@H](COC(=O)CCCCCCCCCCCCCCCCCCCCC(C)CC)OC(=O)CCCCCCCCCCCCCC(C)C. The van der Waals surface area contributed by atoms with Gasteiger partial charge < -0.3 is 14.2 Å². The normalized spacial score (nSPS) is 12.5. The molecule has 0 rings (SSSR count). The number of hydrogen-bond donors (Lipinski definition) is 0. The number of unbranched alkanes of at least 4 members (excludes halogenated alkanes) is 38. The van der Waals surface area contributed by atoms with Gasteiger partial charge in [-0.1, -0.05) is 298 Å². The van der Waals surface area contributed by atoms with E-state index < -0.39 is 6.10 Å². The van der Waals surface area contributed by atoms with Gasteiger partial charge in [-0.25, -0.2) is 0 Å². The molecule has 0 aliphatic rings. The quantitative estimate of drug-likeness (QED) is 0.0343. The van der Waals surface area contributed by atoms with Gasteiger partial charge in [0.1, 0.15) is 13.2 Å². The van der Waals surface area contributed by atoms with Gasteiger partial charge in [0.2, 0.25) is 0 Å². The van der Waals surface area contributed by atoms with Gasteiger partial charge in [-0.05, 0) is 31.1 Å². The Kier molecular flexibility index (Phi) is 51.5. The molecule has 0 aromatic rings. The molecule has 0 saturated heterocycles. The van der Waals surface area contributed by atoms with Crippen LogP contribution in [0.25, 0.3) is 0 Å². The Morgan fingerprint density at radius 3 is 0.864 bits per heavy atom. The smallest absolute Gasteiger partial charge is 0.306 e. The zero-order chi connectivity index (χ0) is 48.2. The first kappa shape index (κ1) is 64.4. The van der Waals surface area contributed by atoms with Crippen LogP contribution in [0.3, 0.4) is 0 Å². The molecule has 66 heavy (non-hydrogen) atoms. The molecule has 0 aromatic carbocycles. The number of ether oxygens (including phenoxy) is 3. The van der Waals surface area contributed by atoms with Crippen molar-refractivity contribution in [3.8, 4) is 0 Å². The van der Waals surface area contributed by atoms with Crippen molar-refractivity contribution in [1.29, 1.82) is 0 Å². The summed E-state index contributed by atoms with van der Waals surface area (Å²) in [5, 5.41) is 0. The van der Waals surface area contributed by atoms with Gasteiger partial charge in [0.05, 0.1) is 0 Å². The molecule has 1 unspecified atom stereocenters. The summed E-state index contributed by atoms with van der Waals surface area (Å²) in [7, 11) is 0. The van der Waals surface area contributed by atoms with Crippen molar-refractivity contribution in [2.24, 2.45) is 11.8 Å². The zero-order valence-corrected chi connectivity index (χ0v) is 45.3. The number of carbonyl (C=O) groups is 3. The second-order valence-corrected chi connectivity index (χ2v) is 21.4. The highest BCUT2D eigenvalue weighted by Gasteiger charge is 2.19. The minimum atomic E-state index is -0.762.